The fourth-order valence-corrected chi connectivity index (χ4v) is 3.30. The van der Waals surface area contributed by atoms with Gasteiger partial charge in [-0.25, -0.2) is 19.2 Å². The molecule has 12 nitrogen and oxygen atoms in total. The van der Waals surface area contributed by atoms with Crippen LogP contribution in [0.1, 0.15) is 41.4 Å². The van der Waals surface area contributed by atoms with Crippen LogP contribution in [-0.2, 0) is 9.13 Å². The van der Waals surface area contributed by atoms with Crippen molar-refractivity contribution < 1.29 is 58.5 Å². The topological polar surface area (TPSA) is 224 Å². The summed E-state index contributed by atoms with van der Waals surface area (Å²) in [5.41, 5.74) is -1.86. The summed E-state index contributed by atoms with van der Waals surface area (Å²) in [6, 6.07) is 6.33. The number of carboxylic acids is 4. The SMILES string of the molecule is O=C(O)c1ccc([P+](=O)O)c(C(=O)O)c1.O=C(O)c1cccc([P+](=O)O)c1C(=O)O. The molecule has 0 saturated heterocycles. The summed E-state index contributed by atoms with van der Waals surface area (Å²) in [5, 5.41) is 34.0. The third kappa shape index (κ3) is 5.97. The number of hydrogen-bond acceptors (Lipinski definition) is 6. The minimum atomic E-state index is -2.88. The summed E-state index contributed by atoms with van der Waals surface area (Å²) in [7, 11) is -5.69. The smallest absolute Gasteiger partial charge is 0.478 e. The second-order valence-electron chi connectivity index (χ2n) is 5.20. The second-order valence-corrected chi connectivity index (χ2v) is 7.25. The number of aromatic carboxylic acids is 4. The normalized spacial score (nSPS) is 10.9. The lowest BCUT2D eigenvalue weighted by molar-refractivity contribution is 0.0652. The van der Waals surface area contributed by atoms with Gasteiger partial charge in [-0.05, 0) is 39.5 Å². The van der Waals surface area contributed by atoms with Crippen molar-refractivity contribution in [1.82, 2.24) is 0 Å². The Hall–Kier alpha value is -3.56. The maximum atomic E-state index is 10.8. The van der Waals surface area contributed by atoms with Crippen molar-refractivity contribution in [3.05, 3.63) is 58.7 Å². The average Bonchev–Trinajstić information content (AvgIpc) is 2.66. The zero-order valence-corrected chi connectivity index (χ0v) is 16.3. The first-order valence-electron chi connectivity index (χ1n) is 7.41. The zero-order valence-electron chi connectivity index (χ0n) is 14.5. The van der Waals surface area contributed by atoms with Crippen LogP contribution >= 0.6 is 16.1 Å². The van der Waals surface area contributed by atoms with Crippen LogP contribution in [0.2, 0.25) is 0 Å². The lowest BCUT2D eigenvalue weighted by Gasteiger charge is -1.99. The highest BCUT2D eigenvalue weighted by molar-refractivity contribution is 7.47. The van der Waals surface area contributed by atoms with E-state index >= 15 is 0 Å². The van der Waals surface area contributed by atoms with Crippen LogP contribution < -0.4 is 10.6 Å². The fourth-order valence-electron chi connectivity index (χ4n) is 2.11. The van der Waals surface area contributed by atoms with Gasteiger partial charge in [-0.1, -0.05) is 6.07 Å². The van der Waals surface area contributed by atoms with Gasteiger partial charge in [0, 0.05) is 0 Å². The first-order valence-corrected chi connectivity index (χ1v) is 9.83. The Kier molecular flexibility index (Phi) is 8.39. The number of carbonyl (C=O) groups is 4. The van der Waals surface area contributed by atoms with Crippen molar-refractivity contribution in [2.24, 2.45) is 0 Å². The molecule has 6 N–H and O–H groups in total. The van der Waals surface area contributed by atoms with Gasteiger partial charge in [0.1, 0.15) is 11.1 Å². The monoisotopic (exact) mass is 458 g/mol. The van der Waals surface area contributed by atoms with Crippen molar-refractivity contribution in [2.45, 2.75) is 0 Å². The summed E-state index contributed by atoms with van der Waals surface area (Å²) in [6.07, 6.45) is 0. The predicted octanol–water partition coefficient (Wildman–Crippen LogP) is 0.886. The third-order valence-electron chi connectivity index (χ3n) is 3.37. The van der Waals surface area contributed by atoms with Crippen LogP contribution in [0.15, 0.2) is 36.4 Å². The maximum absolute atomic E-state index is 10.8. The molecule has 0 aliphatic heterocycles. The molecule has 14 heteroatoms. The molecule has 2 atom stereocenters. The third-order valence-corrected chi connectivity index (χ3v) is 4.96. The van der Waals surface area contributed by atoms with E-state index in [2.05, 4.69) is 0 Å². The van der Waals surface area contributed by atoms with E-state index in [1.807, 2.05) is 0 Å². The van der Waals surface area contributed by atoms with E-state index in [9.17, 15) is 28.3 Å². The van der Waals surface area contributed by atoms with Crippen molar-refractivity contribution in [3.8, 4) is 0 Å². The average molecular weight is 458 g/mol. The molecule has 0 fully saturated rings. The van der Waals surface area contributed by atoms with E-state index in [0.717, 1.165) is 30.3 Å². The maximum Gasteiger partial charge on any atom is 0.547 e. The highest BCUT2D eigenvalue weighted by Gasteiger charge is 2.30. The summed E-state index contributed by atoms with van der Waals surface area (Å²) in [5.74, 6) is -5.73. The predicted molar refractivity (Wildman–Crippen MR) is 99.6 cm³/mol. The molecule has 156 valence electrons. The van der Waals surface area contributed by atoms with Crippen molar-refractivity contribution >= 4 is 50.5 Å². The Morgan fingerprint density at radius 1 is 0.633 bits per heavy atom. The molecule has 2 unspecified atom stereocenters. The molecule has 0 bridgehead atoms. The highest BCUT2D eigenvalue weighted by atomic mass is 31.1. The van der Waals surface area contributed by atoms with Crippen LogP contribution in [0, 0.1) is 0 Å². The quantitative estimate of drug-likeness (QED) is 0.332. The standard InChI is InChI=1S/2C8H5O6P/c9-7(10)4-1-2-6(15(13)14)5(3-4)8(11)12;9-7(10)4-2-1-3-5(15(13)14)6(4)8(11)12/h2*1-3H,(H2-,9,10,11,12,13,14)/p+2. The molecule has 0 aliphatic rings. The van der Waals surface area contributed by atoms with Gasteiger partial charge in [0.15, 0.2) is 0 Å². The van der Waals surface area contributed by atoms with Crippen LogP contribution in [0.25, 0.3) is 0 Å². The largest absolute Gasteiger partial charge is 0.547 e. The van der Waals surface area contributed by atoms with E-state index in [0.29, 0.717) is 0 Å². The van der Waals surface area contributed by atoms with Gasteiger partial charge in [0.05, 0.1) is 11.1 Å². The number of hydrogen-bond donors (Lipinski definition) is 6. The molecule has 2 aromatic carbocycles. The molecule has 0 aromatic heterocycles. The van der Waals surface area contributed by atoms with Gasteiger partial charge in [0.2, 0.25) is 10.6 Å². The van der Waals surface area contributed by atoms with Crippen molar-refractivity contribution in [2.75, 3.05) is 0 Å². The first kappa shape index (κ1) is 24.5. The van der Waals surface area contributed by atoms with Crippen LogP contribution in [0.5, 0.6) is 0 Å². The fraction of sp³-hybridized carbons (Fsp3) is 0. The summed E-state index contributed by atoms with van der Waals surface area (Å²) in [4.78, 5) is 60.2. The molecular weight excluding hydrogens is 446 g/mol. The van der Waals surface area contributed by atoms with E-state index in [-0.39, 0.29) is 10.9 Å². The van der Waals surface area contributed by atoms with Crippen LogP contribution in [0.3, 0.4) is 0 Å². The molecule has 0 spiro atoms. The molecule has 2 aromatic rings. The molecule has 0 aliphatic carbocycles. The molecule has 0 heterocycles. The Morgan fingerprint density at radius 2 is 1.17 bits per heavy atom. The molecular formula is C16H12O12P2+2. The molecule has 0 amide bonds. The lowest BCUT2D eigenvalue weighted by Crippen LogP contribution is -2.18. The van der Waals surface area contributed by atoms with E-state index < -0.39 is 61.9 Å². The minimum absolute atomic E-state index is 0.243. The van der Waals surface area contributed by atoms with E-state index in [1.165, 1.54) is 6.07 Å². The summed E-state index contributed by atoms with van der Waals surface area (Å²) in [6.45, 7) is 0. The Morgan fingerprint density at radius 3 is 1.57 bits per heavy atom. The highest BCUT2D eigenvalue weighted by Crippen LogP contribution is 2.19. The summed E-state index contributed by atoms with van der Waals surface area (Å²) < 4.78 is 21.5. The van der Waals surface area contributed by atoms with Gasteiger partial charge >= 0.3 is 39.9 Å². The lowest BCUT2D eigenvalue weighted by atomic mass is 10.1. The summed E-state index contributed by atoms with van der Waals surface area (Å²) >= 11 is 0. The van der Waals surface area contributed by atoms with Gasteiger partial charge in [0.25, 0.3) is 0 Å². The van der Waals surface area contributed by atoms with Gasteiger partial charge in [-0.2, -0.15) is 9.79 Å². The minimum Gasteiger partial charge on any atom is -0.478 e. The van der Waals surface area contributed by atoms with Gasteiger partial charge < -0.3 is 20.4 Å². The van der Waals surface area contributed by atoms with Crippen molar-refractivity contribution in [1.29, 1.82) is 0 Å². The number of carboxylic acid groups (broad SMARTS) is 4. The number of benzene rings is 2. The van der Waals surface area contributed by atoms with E-state index in [1.54, 1.807) is 0 Å². The van der Waals surface area contributed by atoms with Crippen molar-refractivity contribution in [3.63, 3.8) is 0 Å². The van der Waals surface area contributed by atoms with E-state index in [4.69, 9.17) is 30.2 Å². The molecule has 30 heavy (non-hydrogen) atoms. The van der Waals surface area contributed by atoms with Crippen LogP contribution in [0.4, 0.5) is 0 Å². The molecule has 0 radical (unpaired) electrons. The molecule has 0 saturated carbocycles. The number of rotatable bonds is 6. The first-order chi connectivity index (χ1) is 13.9. The van der Waals surface area contributed by atoms with Gasteiger partial charge in [-0.15, -0.1) is 0 Å². The Balaban J connectivity index is 0.000000300. The van der Waals surface area contributed by atoms with Crippen LogP contribution in [-0.4, -0.2) is 54.1 Å². The molecule has 2 rings (SSSR count). The van der Waals surface area contributed by atoms with Gasteiger partial charge in [-0.3, -0.25) is 0 Å². The zero-order chi connectivity index (χ0) is 23.2. The Bertz CT molecular complexity index is 1030. The Labute approximate surface area is 168 Å². The second kappa shape index (κ2) is 10.3.